The fourth-order valence-electron chi connectivity index (χ4n) is 4.45. The minimum atomic E-state index is -4.37. The van der Waals surface area contributed by atoms with E-state index >= 15 is 0 Å². The number of aryl methyl sites for hydroxylation is 1. The van der Waals surface area contributed by atoms with Crippen molar-refractivity contribution in [2.75, 3.05) is 6.61 Å². The Bertz CT molecular complexity index is 1190. The molecule has 5 nitrogen and oxygen atoms in total. The van der Waals surface area contributed by atoms with Crippen LogP contribution in [0.25, 0.3) is 11.1 Å². The molecule has 0 heterocycles. The Balaban J connectivity index is 0.000000409. The van der Waals surface area contributed by atoms with Crippen molar-refractivity contribution in [1.29, 1.82) is 0 Å². The van der Waals surface area contributed by atoms with Gasteiger partial charge in [0.1, 0.15) is 5.75 Å². The summed E-state index contributed by atoms with van der Waals surface area (Å²) < 4.78 is 43.2. The zero-order valence-corrected chi connectivity index (χ0v) is 24.4. The van der Waals surface area contributed by atoms with Gasteiger partial charge in [0, 0.05) is 6.42 Å². The Morgan fingerprint density at radius 3 is 2.17 bits per heavy atom. The van der Waals surface area contributed by atoms with Gasteiger partial charge in [0.2, 0.25) is 0 Å². The van der Waals surface area contributed by atoms with Crippen molar-refractivity contribution in [3.05, 3.63) is 102 Å². The molecule has 0 amide bonds. The summed E-state index contributed by atoms with van der Waals surface area (Å²) in [6.45, 7) is 6.14. The predicted molar refractivity (Wildman–Crippen MR) is 160 cm³/mol. The third kappa shape index (κ3) is 14.0. The molecule has 1 aliphatic carbocycles. The number of alkyl halides is 3. The molecule has 228 valence electrons. The number of carboxylic acid groups (broad SMARTS) is 2. The van der Waals surface area contributed by atoms with Crippen molar-refractivity contribution >= 4 is 12.4 Å². The van der Waals surface area contributed by atoms with E-state index in [1.807, 2.05) is 32.1 Å². The van der Waals surface area contributed by atoms with Crippen LogP contribution in [0.1, 0.15) is 57.1 Å². The monoisotopic (exact) mass is 586 g/mol. The maximum Gasteiger partial charge on any atom is 0.416 e. The van der Waals surface area contributed by atoms with Gasteiger partial charge >= 0.3 is 12.1 Å². The highest BCUT2D eigenvalue weighted by Crippen LogP contribution is 2.35. The largest absolute Gasteiger partial charge is 0.493 e. The first-order chi connectivity index (χ1) is 20.1. The van der Waals surface area contributed by atoms with E-state index in [-0.39, 0.29) is 37.1 Å². The van der Waals surface area contributed by atoms with Crippen LogP contribution in [0.2, 0.25) is 0 Å². The Morgan fingerprint density at radius 1 is 0.952 bits per heavy atom. The highest BCUT2D eigenvalue weighted by molar-refractivity contribution is 5.67. The third-order valence-corrected chi connectivity index (χ3v) is 6.41. The van der Waals surface area contributed by atoms with E-state index in [0.717, 1.165) is 31.4 Å². The number of carbonyl (C=O) groups is 2. The van der Waals surface area contributed by atoms with Crippen LogP contribution in [0.5, 0.6) is 5.75 Å². The summed E-state index contributed by atoms with van der Waals surface area (Å²) in [7, 11) is 0. The van der Waals surface area contributed by atoms with Crippen LogP contribution in [-0.2, 0) is 15.8 Å². The van der Waals surface area contributed by atoms with Crippen molar-refractivity contribution in [2.24, 2.45) is 11.8 Å². The fourth-order valence-corrected chi connectivity index (χ4v) is 4.45. The third-order valence-electron chi connectivity index (χ3n) is 6.41. The second-order valence-electron chi connectivity index (χ2n) is 9.38. The molecular weight excluding hydrogens is 545 g/mol. The van der Waals surface area contributed by atoms with E-state index in [1.54, 1.807) is 0 Å². The number of ether oxygens (including phenoxy) is 1. The Kier molecular flexibility index (Phi) is 17.0. The molecule has 0 spiro atoms. The standard InChI is InChI=1S/C18H21F3O3.C13H12.C2H6.CH2O2/c19-18(20,21)15-8-4-9-16(12-15)24-10-2-1-5-13-6-3-7-14(13)11-17(22)23;1-11-7-9-13(10-8-11)12-5-3-2-4-6-12;1-2;2-1-3/h1,4-5,8-9,12-14H,2-3,6-7,10-11H2,(H,22,23);2-10H,1H3;1-2H3;1H,(H,2,3)/b5-1+;;;/t13?,14-;;;/m1.../s1. The molecule has 0 aromatic heterocycles. The minimum Gasteiger partial charge on any atom is -0.493 e. The average Bonchev–Trinajstić information content (AvgIpc) is 3.41. The number of hydrogen-bond acceptors (Lipinski definition) is 3. The molecular formula is C34H41F3O5. The average molecular weight is 587 g/mol. The SMILES string of the molecule is CC.Cc1ccc(-c2ccccc2)cc1.O=C(O)C[C@H]1CCCC1/C=C/CCOc1cccc(C(F)(F)F)c1.O=CO. The molecule has 4 rings (SSSR count). The van der Waals surface area contributed by atoms with E-state index in [1.165, 1.54) is 28.8 Å². The second-order valence-corrected chi connectivity index (χ2v) is 9.38. The summed E-state index contributed by atoms with van der Waals surface area (Å²) in [6, 6.07) is 23.8. The van der Waals surface area contributed by atoms with Crippen LogP contribution in [0.4, 0.5) is 13.2 Å². The highest BCUT2D eigenvalue weighted by atomic mass is 19.4. The van der Waals surface area contributed by atoms with Gasteiger partial charge in [-0.05, 0) is 67.3 Å². The molecule has 2 N–H and O–H groups in total. The molecule has 0 saturated heterocycles. The maximum atomic E-state index is 12.6. The van der Waals surface area contributed by atoms with Crippen LogP contribution < -0.4 is 4.74 Å². The normalized spacial score (nSPS) is 15.7. The van der Waals surface area contributed by atoms with Gasteiger partial charge in [-0.2, -0.15) is 13.2 Å². The molecule has 1 unspecified atom stereocenters. The summed E-state index contributed by atoms with van der Waals surface area (Å²) >= 11 is 0. The van der Waals surface area contributed by atoms with Crippen molar-refractivity contribution in [3.8, 4) is 16.9 Å². The summed E-state index contributed by atoms with van der Waals surface area (Å²) in [5, 5.41) is 15.8. The van der Waals surface area contributed by atoms with Gasteiger partial charge < -0.3 is 14.9 Å². The van der Waals surface area contributed by atoms with Crippen LogP contribution >= 0.6 is 0 Å². The zero-order valence-electron chi connectivity index (χ0n) is 24.4. The van der Waals surface area contributed by atoms with Gasteiger partial charge in [-0.1, -0.05) is 98.6 Å². The lowest BCUT2D eigenvalue weighted by Gasteiger charge is -2.13. The number of carboxylic acids is 1. The van der Waals surface area contributed by atoms with Gasteiger partial charge in [0.15, 0.2) is 0 Å². The molecule has 1 aliphatic rings. The predicted octanol–water partition coefficient (Wildman–Crippen LogP) is 9.31. The minimum absolute atomic E-state index is 0.183. The molecule has 8 heteroatoms. The summed E-state index contributed by atoms with van der Waals surface area (Å²) in [4.78, 5) is 19.2. The van der Waals surface area contributed by atoms with E-state index in [2.05, 4.69) is 55.5 Å². The van der Waals surface area contributed by atoms with Crippen molar-refractivity contribution in [2.45, 2.75) is 59.1 Å². The number of halogens is 3. The lowest BCUT2D eigenvalue weighted by molar-refractivity contribution is -0.138. The first-order valence-corrected chi connectivity index (χ1v) is 14.0. The number of hydrogen-bond donors (Lipinski definition) is 2. The highest BCUT2D eigenvalue weighted by Gasteiger charge is 2.30. The Labute approximate surface area is 246 Å². The van der Waals surface area contributed by atoms with Gasteiger partial charge in [-0.3, -0.25) is 9.59 Å². The maximum absolute atomic E-state index is 12.6. The Morgan fingerprint density at radius 2 is 1.57 bits per heavy atom. The first-order valence-electron chi connectivity index (χ1n) is 14.0. The molecule has 2 atom stereocenters. The van der Waals surface area contributed by atoms with Crippen LogP contribution in [0.3, 0.4) is 0 Å². The molecule has 3 aromatic rings. The van der Waals surface area contributed by atoms with Crippen LogP contribution in [0, 0.1) is 18.8 Å². The topological polar surface area (TPSA) is 83.8 Å². The molecule has 0 radical (unpaired) electrons. The molecule has 1 saturated carbocycles. The van der Waals surface area contributed by atoms with Crippen molar-refractivity contribution in [1.82, 2.24) is 0 Å². The van der Waals surface area contributed by atoms with E-state index < -0.39 is 17.7 Å². The van der Waals surface area contributed by atoms with Crippen LogP contribution in [0.15, 0.2) is 91.0 Å². The zero-order chi connectivity index (χ0) is 31.4. The molecule has 0 bridgehead atoms. The van der Waals surface area contributed by atoms with Gasteiger partial charge in [0.25, 0.3) is 6.47 Å². The summed E-state index contributed by atoms with van der Waals surface area (Å²) in [5.41, 5.74) is 3.14. The van der Waals surface area contributed by atoms with E-state index in [0.29, 0.717) is 6.42 Å². The molecule has 3 aromatic carbocycles. The smallest absolute Gasteiger partial charge is 0.416 e. The second kappa shape index (κ2) is 19.9. The van der Waals surface area contributed by atoms with Crippen molar-refractivity contribution in [3.63, 3.8) is 0 Å². The number of benzene rings is 3. The summed E-state index contributed by atoms with van der Waals surface area (Å²) in [6.07, 6.45) is 3.30. The van der Waals surface area contributed by atoms with Gasteiger partial charge in [-0.25, -0.2) is 0 Å². The molecule has 0 aliphatic heterocycles. The first kappa shape index (κ1) is 36.0. The quantitative estimate of drug-likeness (QED) is 0.156. The van der Waals surface area contributed by atoms with Crippen LogP contribution in [-0.4, -0.2) is 29.3 Å². The fraction of sp³-hybridized carbons (Fsp3) is 0.353. The number of rotatable bonds is 8. The van der Waals surface area contributed by atoms with Crippen molar-refractivity contribution < 1.29 is 37.7 Å². The number of allylic oxidation sites excluding steroid dienone is 1. The van der Waals surface area contributed by atoms with E-state index in [9.17, 15) is 18.0 Å². The molecule has 42 heavy (non-hydrogen) atoms. The summed E-state index contributed by atoms with van der Waals surface area (Å²) in [5.74, 6) is -0.117. The Hall–Kier alpha value is -4.07. The van der Waals surface area contributed by atoms with Gasteiger partial charge in [-0.15, -0.1) is 0 Å². The lowest BCUT2D eigenvalue weighted by Crippen LogP contribution is -2.11. The van der Waals surface area contributed by atoms with Gasteiger partial charge in [0.05, 0.1) is 12.2 Å². The number of aliphatic carboxylic acids is 1. The molecule has 1 fully saturated rings. The van der Waals surface area contributed by atoms with E-state index in [4.69, 9.17) is 19.7 Å². The lowest BCUT2D eigenvalue weighted by atomic mass is 9.92.